The normalized spacial score (nSPS) is 16.1. The van der Waals surface area contributed by atoms with Crippen LogP contribution < -0.4 is 10.1 Å². The van der Waals surface area contributed by atoms with Crippen molar-refractivity contribution in [1.82, 2.24) is 5.32 Å². The molecule has 140 valence electrons. The molecule has 3 rings (SSSR count). The van der Waals surface area contributed by atoms with Crippen LogP contribution in [0.15, 0.2) is 56.8 Å². The van der Waals surface area contributed by atoms with Gasteiger partial charge in [0.05, 0.1) is 16.2 Å². The summed E-state index contributed by atoms with van der Waals surface area (Å²) in [5, 5.41) is 12.1. The topological polar surface area (TPSA) is 88.0 Å². The van der Waals surface area contributed by atoms with Gasteiger partial charge in [0, 0.05) is 10.0 Å². The number of carboxylic acids is 1. The molecule has 1 amide bonds. The van der Waals surface area contributed by atoms with Crippen LogP contribution in [0.1, 0.15) is 15.9 Å². The zero-order valence-electron chi connectivity index (χ0n) is 14.3. The van der Waals surface area contributed by atoms with Crippen molar-refractivity contribution in [1.29, 1.82) is 0 Å². The first-order valence-electron chi connectivity index (χ1n) is 7.95. The molecule has 2 aromatic rings. The lowest BCUT2D eigenvalue weighted by atomic mass is 10.2. The number of aliphatic imine (C=N–C) groups is 1. The SMILES string of the molecule is C#CCOc1ccc(Br)cc1/C=C1\SC(=Nc2cccc(C(=O)O)c2)NC1=O. The van der Waals surface area contributed by atoms with Gasteiger partial charge in [-0.25, -0.2) is 9.79 Å². The fourth-order valence-corrected chi connectivity index (χ4v) is 3.54. The van der Waals surface area contributed by atoms with E-state index in [9.17, 15) is 9.59 Å². The van der Waals surface area contributed by atoms with E-state index in [1.807, 2.05) is 12.1 Å². The van der Waals surface area contributed by atoms with Gasteiger partial charge in [0.25, 0.3) is 5.91 Å². The molecule has 0 spiro atoms. The third-order valence-corrected chi connectivity index (χ3v) is 4.95. The van der Waals surface area contributed by atoms with Gasteiger partial charge < -0.3 is 15.2 Å². The van der Waals surface area contributed by atoms with Crippen LogP contribution in [0.5, 0.6) is 5.75 Å². The Kier molecular flexibility index (Phi) is 6.19. The Balaban J connectivity index is 1.87. The predicted octanol–water partition coefficient (Wildman–Crippen LogP) is 4.05. The molecule has 0 saturated carbocycles. The first kappa shape index (κ1) is 19.7. The number of benzene rings is 2. The number of carbonyl (C=O) groups excluding carboxylic acids is 1. The lowest BCUT2D eigenvalue weighted by Gasteiger charge is -2.07. The molecule has 2 N–H and O–H groups in total. The molecule has 28 heavy (non-hydrogen) atoms. The Bertz CT molecular complexity index is 1060. The number of rotatable bonds is 5. The number of ether oxygens (including phenoxy) is 1. The van der Waals surface area contributed by atoms with Gasteiger partial charge in [-0.05, 0) is 54.2 Å². The molecule has 0 aromatic heterocycles. The Morgan fingerprint density at radius 1 is 1.36 bits per heavy atom. The van der Waals surface area contributed by atoms with Crippen LogP contribution >= 0.6 is 27.7 Å². The predicted molar refractivity (Wildman–Crippen MR) is 113 cm³/mol. The van der Waals surface area contributed by atoms with Gasteiger partial charge in [0.1, 0.15) is 12.4 Å². The summed E-state index contributed by atoms with van der Waals surface area (Å²) in [7, 11) is 0. The van der Waals surface area contributed by atoms with E-state index < -0.39 is 5.97 Å². The zero-order chi connectivity index (χ0) is 20.1. The average molecular weight is 457 g/mol. The van der Waals surface area contributed by atoms with Crippen molar-refractivity contribution in [2.45, 2.75) is 0 Å². The number of nitrogens with one attached hydrogen (secondary N) is 1. The number of nitrogens with zero attached hydrogens (tertiary/aromatic N) is 1. The lowest BCUT2D eigenvalue weighted by Crippen LogP contribution is -2.19. The number of terminal acetylenes is 1. The zero-order valence-corrected chi connectivity index (χ0v) is 16.7. The van der Waals surface area contributed by atoms with Crippen molar-refractivity contribution in [3.05, 3.63) is 63.0 Å². The minimum atomic E-state index is -1.04. The number of carboxylic acid groups (broad SMARTS) is 1. The number of carbonyl (C=O) groups is 2. The Morgan fingerprint density at radius 2 is 2.18 bits per heavy atom. The van der Waals surface area contributed by atoms with Gasteiger partial charge in [-0.3, -0.25) is 4.79 Å². The minimum Gasteiger partial charge on any atom is -0.480 e. The van der Waals surface area contributed by atoms with Crippen LogP contribution in [0.3, 0.4) is 0 Å². The molecule has 0 aliphatic carbocycles. The highest BCUT2D eigenvalue weighted by atomic mass is 79.9. The summed E-state index contributed by atoms with van der Waals surface area (Å²) in [4.78, 5) is 28.1. The summed E-state index contributed by atoms with van der Waals surface area (Å²) in [6.45, 7) is 0.115. The van der Waals surface area contributed by atoms with Crippen molar-refractivity contribution in [2.75, 3.05) is 6.61 Å². The van der Waals surface area contributed by atoms with E-state index in [1.54, 1.807) is 24.3 Å². The van der Waals surface area contributed by atoms with Crippen molar-refractivity contribution in [2.24, 2.45) is 4.99 Å². The van der Waals surface area contributed by atoms with Crippen LogP contribution in [0.4, 0.5) is 5.69 Å². The van der Waals surface area contributed by atoms with Crippen molar-refractivity contribution >= 4 is 56.5 Å². The third kappa shape index (κ3) is 4.82. The Labute approximate surface area is 173 Å². The van der Waals surface area contributed by atoms with E-state index in [0.29, 0.717) is 27.1 Å². The van der Waals surface area contributed by atoms with Gasteiger partial charge in [-0.2, -0.15) is 0 Å². The second-order valence-corrected chi connectivity index (χ2v) is 7.46. The smallest absolute Gasteiger partial charge is 0.335 e. The summed E-state index contributed by atoms with van der Waals surface area (Å²) in [5.41, 5.74) is 1.25. The molecule has 0 bridgehead atoms. The van der Waals surface area contributed by atoms with E-state index in [0.717, 1.165) is 16.2 Å². The summed E-state index contributed by atoms with van der Waals surface area (Å²) >= 11 is 4.55. The highest BCUT2D eigenvalue weighted by Gasteiger charge is 2.24. The monoisotopic (exact) mass is 456 g/mol. The fourth-order valence-electron chi connectivity index (χ4n) is 2.33. The van der Waals surface area contributed by atoms with E-state index >= 15 is 0 Å². The van der Waals surface area contributed by atoms with Gasteiger partial charge in [-0.1, -0.05) is 27.9 Å². The van der Waals surface area contributed by atoms with Crippen LogP contribution in [0.2, 0.25) is 0 Å². The van der Waals surface area contributed by atoms with Crippen LogP contribution in [-0.2, 0) is 4.79 Å². The first-order chi connectivity index (χ1) is 13.5. The second kappa shape index (κ2) is 8.78. The van der Waals surface area contributed by atoms with Crippen molar-refractivity contribution < 1.29 is 19.4 Å². The second-order valence-electron chi connectivity index (χ2n) is 5.51. The van der Waals surface area contributed by atoms with Gasteiger partial charge >= 0.3 is 5.97 Å². The fraction of sp³-hybridized carbons (Fsp3) is 0.0500. The van der Waals surface area contributed by atoms with Crippen LogP contribution in [0, 0.1) is 12.3 Å². The standard InChI is InChI=1S/C20H13BrN2O4S/c1-2-8-27-16-7-6-14(21)9-13(16)11-17-18(24)23-20(28-17)22-15-5-3-4-12(10-15)19(25)26/h1,3-7,9-11H,8H2,(H,25,26)(H,22,23,24)/b17-11-. The third-order valence-electron chi connectivity index (χ3n) is 3.54. The molecule has 1 aliphatic heterocycles. The summed E-state index contributed by atoms with van der Waals surface area (Å²) in [6.07, 6.45) is 6.93. The number of aromatic carboxylic acids is 1. The molecule has 8 heteroatoms. The highest BCUT2D eigenvalue weighted by molar-refractivity contribution is 9.10. The molecule has 0 unspecified atom stereocenters. The van der Waals surface area contributed by atoms with Crippen molar-refractivity contribution in [3.63, 3.8) is 0 Å². The van der Waals surface area contributed by atoms with E-state index in [1.165, 1.54) is 12.1 Å². The average Bonchev–Trinajstić information content (AvgIpc) is 3.00. The number of halogens is 1. The number of hydrogen-bond donors (Lipinski definition) is 2. The van der Waals surface area contributed by atoms with Gasteiger partial charge in [0.2, 0.25) is 0 Å². The highest BCUT2D eigenvalue weighted by Crippen LogP contribution is 2.32. The summed E-state index contributed by atoms with van der Waals surface area (Å²) in [6, 6.07) is 11.6. The molecule has 1 aliphatic rings. The number of hydrogen-bond acceptors (Lipinski definition) is 5. The molecule has 1 saturated heterocycles. The molecular weight excluding hydrogens is 444 g/mol. The van der Waals surface area contributed by atoms with Crippen LogP contribution in [0.25, 0.3) is 6.08 Å². The molecule has 2 aromatic carbocycles. The molecule has 0 atom stereocenters. The number of thioether (sulfide) groups is 1. The minimum absolute atomic E-state index is 0.115. The van der Waals surface area contributed by atoms with E-state index in [4.69, 9.17) is 16.3 Å². The number of amidine groups is 1. The van der Waals surface area contributed by atoms with Crippen LogP contribution in [-0.4, -0.2) is 28.8 Å². The number of amides is 1. The summed E-state index contributed by atoms with van der Waals surface area (Å²) in [5.74, 6) is 1.62. The lowest BCUT2D eigenvalue weighted by molar-refractivity contribution is -0.115. The summed E-state index contributed by atoms with van der Waals surface area (Å²) < 4.78 is 6.35. The quantitative estimate of drug-likeness (QED) is 0.523. The molecule has 1 heterocycles. The molecule has 1 fully saturated rings. The van der Waals surface area contributed by atoms with Gasteiger partial charge in [0.15, 0.2) is 5.17 Å². The molecular formula is C20H13BrN2O4S. The van der Waals surface area contributed by atoms with Gasteiger partial charge in [-0.15, -0.1) is 6.42 Å². The largest absolute Gasteiger partial charge is 0.480 e. The Morgan fingerprint density at radius 3 is 2.93 bits per heavy atom. The molecule has 6 nitrogen and oxygen atoms in total. The molecule has 0 radical (unpaired) electrons. The van der Waals surface area contributed by atoms with E-state index in [2.05, 4.69) is 32.2 Å². The Hall–Kier alpha value is -3.02. The maximum absolute atomic E-state index is 12.3. The van der Waals surface area contributed by atoms with Crippen molar-refractivity contribution in [3.8, 4) is 18.1 Å². The first-order valence-corrected chi connectivity index (χ1v) is 9.56. The van der Waals surface area contributed by atoms with E-state index in [-0.39, 0.29) is 18.1 Å². The maximum Gasteiger partial charge on any atom is 0.335 e. The maximum atomic E-state index is 12.3.